The SMILES string of the molecule is CCCCOP(=O)(O)C[C@H](NC(=O)c1cc(NC2CC2)nc(-c2ccccc2)n1)C(=O)N1CCN(OC(=O)O)CC1. The lowest BCUT2D eigenvalue weighted by Gasteiger charge is -2.35. The van der Waals surface area contributed by atoms with Crippen LogP contribution in [-0.2, 0) is 18.7 Å². The van der Waals surface area contributed by atoms with Crippen molar-refractivity contribution in [1.82, 2.24) is 25.2 Å². The van der Waals surface area contributed by atoms with Gasteiger partial charge in [-0.15, -0.1) is 5.06 Å². The largest absolute Gasteiger partial charge is 0.525 e. The average molecular weight is 591 g/mol. The molecule has 222 valence electrons. The van der Waals surface area contributed by atoms with Crippen LogP contribution < -0.4 is 10.6 Å². The summed E-state index contributed by atoms with van der Waals surface area (Å²) in [7, 11) is -4.26. The van der Waals surface area contributed by atoms with Crippen molar-refractivity contribution in [3.8, 4) is 11.4 Å². The summed E-state index contributed by atoms with van der Waals surface area (Å²) in [6, 6.07) is 9.47. The van der Waals surface area contributed by atoms with E-state index < -0.39 is 37.8 Å². The van der Waals surface area contributed by atoms with E-state index in [1.165, 1.54) is 16.0 Å². The maximum absolute atomic E-state index is 13.5. The van der Waals surface area contributed by atoms with Crippen molar-refractivity contribution in [2.75, 3.05) is 44.3 Å². The summed E-state index contributed by atoms with van der Waals surface area (Å²) in [5.41, 5.74) is 0.679. The molecule has 1 saturated heterocycles. The van der Waals surface area contributed by atoms with Crippen LogP contribution in [-0.4, -0.2) is 98.9 Å². The number of hydrogen-bond acceptors (Lipinski definition) is 10. The first kappa shape index (κ1) is 30.4. The minimum absolute atomic E-state index is 0.0147. The van der Waals surface area contributed by atoms with E-state index in [4.69, 9.17) is 9.63 Å². The topological polar surface area (TPSA) is 184 Å². The zero-order chi connectivity index (χ0) is 29.4. The van der Waals surface area contributed by atoms with Crippen LogP contribution in [0.4, 0.5) is 10.6 Å². The zero-order valence-corrected chi connectivity index (χ0v) is 23.7. The fourth-order valence-corrected chi connectivity index (χ4v) is 5.40. The second-order valence-electron chi connectivity index (χ2n) is 9.89. The minimum atomic E-state index is -4.26. The second kappa shape index (κ2) is 13.9. The number of carbonyl (C=O) groups is 3. The maximum Gasteiger partial charge on any atom is 0.525 e. The molecular weight excluding hydrogens is 555 g/mol. The van der Waals surface area contributed by atoms with Gasteiger partial charge in [0, 0.05) is 30.8 Å². The van der Waals surface area contributed by atoms with Crippen molar-refractivity contribution in [2.45, 2.75) is 44.7 Å². The van der Waals surface area contributed by atoms with Crippen molar-refractivity contribution >= 4 is 31.4 Å². The number of aromatic nitrogens is 2. The van der Waals surface area contributed by atoms with Crippen LogP contribution in [0.5, 0.6) is 0 Å². The number of carbonyl (C=O) groups excluding carboxylic acids is 2. The summed E-state index contributed by atoms with van der Waals surface area (Å²) in [6.45, 7) is 2.32. The third kappa shape index (κ3) is 9.22. The van der Waals surface area contributed by atoms with Crippen molar-refractivity contribution < 1.29 is 38.3 Å². The molecule has 0 spiro atoms. The van der Waals surface area contributed by atoms with E-state index in [9.17, 15) is 23.8 Å². The molecule has 1 aliphatic heterocycles. The molecular formula is C26H35N6O8P. The molecule has 2 atom stereocenters. The van der Waals surface area contributed by atoms with Crippen LogP contribution in [0, 0.1) is 0 Å². The van der Waals surface area contributed by atoms with E-state index in [0.717, 1.165) is 19.3 Å². The molecule has 2 aromatic rings. The summed E-state index contributed by atoms with van der Waals surface area (Å²) in [4.78, 5) is 63.3. The highest BCUT2D eigenvalue weighted by atomic mass is 31.2. The van der Waals surface area contributed by atoms with Crippen LogP contribution >= 0.6 is 7.60 Å². The average Bonchev–Trinajstić information content (AvgIpc) is 3.76. The van der Waals surface area contributed by atoms with Gasteiger partial charge in [0.2, 0.25) is 5.91 Å². The number of piperazine rings is 1. The monoisotopic (exact) mass is 590 g/mol. The highest BCUT2D eigenvalue weighted by molar-refractivity contribution is 7.52. The first-order valence-corrected chi connectivity index (χ1v) is 15.3. The van der Waals surface area contributed by atoms with E-state index >= 15 is 0 Å². The van der Waals surface area contributed by atoms with Gasteiger partial charge in [-0.1, -0.05) is 43.7 Å². The Balaban J connectivity index is 1.55. The Morgan fingerprint density at radius 2 is 1.83 bits per heavy atom. The van der Waals surface area contributed by atoms with E-state index in [1.54, 1.807) is 0 Å². The molecule has 1 aromatic heterocycles. The lowest BCUT2D eigenvalue weighted by atomic mass is 10.2. The number of rotatable bonds is 13. The summed E-state index contributed by atoms with van der Waals surface area (Å²) in [5.74, 6) is -0.548. The number of hydroxylamine groups is 2. The minimum Gasteiger partial charge on any atom is -0.448 e. The van der Waals surface area contributed by atoms with E-state index in [1.807, 2.05) is 37.3 Å². The predicted octanol–water partition coefficient (Wildman–Crippen LogP) is 2.57. The Bertz CT molecular complexity index is 1270. The van der Waals surface area contributed by atoms with Gasteiger partial charge in [0.1, 0.15) is 17.6 Å². The van der Waals surface area contributed by atoms with Gasteiger partial charge in [-0.05, 0) is 19.3 Å². The van der Waals surface area contributed by atoms with Crippen LogP contribution in [0.15, 0.2) is 36.4 Å². The van der Waals surface area contributed by atoms with E-state index in [2.05, 4.69) is 25.4 Å². The molecule has 2 amide bonds. The van der Waals surface area contributed by atoms with Crippen molar-refractivity contribution in [3.63, 3.8) is 0 Å². The summed E-state index contributed by atoms with van der Waals surface area (Å²) in [5, 5.41) is 15.9. The number of nitrogens with zero attached hydrogens (tertiary/aromatic N) is 4. The van der Waals surface area contributed by atoms with Crippen LogP contribution in [0.1, 0.15) is 43.1 Å². The summed E-state index contributed by atoms with van der Waals surface area (Å²) < 4.78 is 18.1. The molecule has 1 unspecified atom stereocenters. The van der Waals surface area contributed by atoms with Gasteiger partial charge in [-0.2, -0.15) is 0 Å². The van der Waals surface area contributed by atoms with Gasteiger partial charge in [0.05, 0.1) is 25.9 Å². The molecule has 14 nitrogen and oxygen atoms in total. The third-order valence-electron chi connectivity index (χ3n) is 6.49. The highest BCUT2D eigenvalue weighted by Gasteiger charge is 2.36. The Hall–Kier alpha value is -3.58. The summed E-state index contributed by atoms with van der Waals surface area (Å²) >= 11 is 0. The molecule has 2 fully saturated rings. The molecule has 4 N–H and O–H groups in total. The molecule has 2 aliphatic rings. The first-order valence-electron chi connectivity index (χ1n) is 13.6. The molecule has 4 rings (SSSR count). The van der Waals surface area contributed by atoms with Crippen molar-refractivity contribution in [3.05, 3.63) is 42.1 Å². The van der Waals surface area contributed by atoms with Crippen molar-refractivity contribution in [2.24, 2.45) is 0 Å². The lowest BCUT2D eigenvalue weighted by Crippen LogP contribution is -2.56. The fraction of sp³-hybridized carbons (Fsp3) is 0.500. The van der Waals surface area contributed by atoms with Gasteiger partial charge in [-0.3, -0.25) is 14.2 Å². The van der Waals surface area contributed by atoms with Crippen molar-refractivity contribution in [1.29, 1.82) is 0 Å². The standard InChI is InChI=1S/C26H35N6O8P/c1-2-3-15-39-41(37,38)17-21(25(34)31-11-13-32(14-12-31)40-26(35)36)29-24(33)20-16-22(27-19-9-10-19)30-23(28-20)18-7-5-4-6-8-18/h4-8,16,19,21H,2-3,9-15,17H2,1H3,(H,29,33)(H,35,36)(H,37,38)(H,27,28,30)/t21-/m0/s1. The van der Waals surface area contributed by atoms with Crippen LogP contribution in [0.3, 0.4) is 0 Å². The summed E-state index contributed by atoms with van der Waals surface area (Å²) in [6.07, 6.45) is 1.17. The number of carboxylic acid groups (broad SMARTS) is 1. The van der Waals surface area contributed by atoms with Gasteiger partial charge in [-0.25, -0.2) is 14.8 Å². The number of anilines is 1. The number of nitrogens with one attached hydrogen (secondary N) is 2. The van der Waals surface area contributed by atoms with Gasteiger partial charge >= 0.3 is 13.8 Å². The van der Waals surface area contributed by atoms with Gasteiger partial charge in [0.15, 0.2) is 5.82 Å². The smallest absolute Gasteiger partial charge is 0.448 e. The van der Waals surface area contributed by atoms with Gasteiger partial charge in [0.25, 0.3) is 5.91 Å². The molecule has 41 heavy (non-hydrogen) atoms. The Kier molecular flexibility index (Phi) is 10.3. The molecule has 2 heterocycles. The predicted molar refractivity (Wildman–Crippen MR) is 148 cm³/mol. The van der Waals surface area contributed by atoms with Gasteiger partial charge < -0.3 is 34.9 Å². The number of hydrogen-bond donors (Lipinski definition) is 4. The normalized spacial score (nSPS) is 17.8. The fourth-order valence-electron chi connectivity index (χ4n) is 4.17. The molecule has 0 bridgehead atoms. The number of unbranched alkanes of at least 4 members (excludes halogenated alkanes) is 1. The Labute approximate surface area is 237 Å². The number of amides is 2. The van der Waals surface area contributed by atoms with E-state index in [-0.39, 0.29) is 44.5 Å². The Morgan fingerprint density at radius 3 is 2.46 bits per heavy atom. The number of benzene rings is 1. The molecule has 1 saturated carbocycles. The lowest BCUT2D eigenvalue weighted by molar-refractivity contribution is -0.154. The van der Waals surface area contributed by atoms with Crippen LogP contribution in [0.25, 0.3) is 11.4 Å². The maximum atomic E-state index is 13.5. The second-order valence-corrected chi connectivity index (χ2v) is 11.8. The molecule has 1 aromatic carbocycles. The molecule has 0 radical (unpaired) electrons. The molecule has 15 heteroatoms. The molecule has 1 aliphatic carbocycles. The Morgan fingerprint density at radius 1 is 1.12 bits per heavy atom. The first-order chi connectivity index (χ1) is 19.6. The third-order valence-corrected chi connectivity index (χ3v) is 7.90. The van der Waals surface area contributed by atoms with Crippen LogP contribution in [0.2, 0.25) is 0 Å². The zero-order valence-electron chi connectivity index (χ0n) is 22.8. The quantitative estimate of drug-likeness (QED) is 0.198. The van der Waals surface area contributed by atoms with E-state index in [0.29, 0.717) is 23.6 Å². The highest BCUT2D eigenvalue weighted by Crippen LogP contribution is 2.43.